The number of fused-ring (bicyclic) bond motifs is 6. The van der Waals surface area contributed by atoms with Crippen LogP contribution in [-0.4, -0.2) is 63.8 Å². The molecule has 3 aliphatic rings. The minimum atomic E-state index is -1.59. The van der Waals surface area contributed by atoms with Gasteiger partial charge in [-0.1, -0.05) is 26.5 Å². The van der Waals surface area contributed by atoms with Crippen LogP contribution in [0.1, 0.15) is 86.5 Å². The molecule has 3 aliphatic heterocycles. The molecule has 55 heavy (non-hydrogen) atoms. The second kappa shape index (κ2) is 20.9. The molecule has 0 spiro atoms. The van der Waals surface area contributed by atoms with Gasteiger partial charge in [0.05, 0.1) is 46.7 Å². The molecule has 0 radical (unpaired) electrons. The van der Waals surface area contributed by atoms with Gasteiger partial charge in [0.15, 0.2) is 0 Å². The first-order chi connectivity index (χ1) is 24.7. The van der Waals surface area contributed by atoms with E-state index in [0.29, 0.717) is 37.6 Å². The molecule has 13 nitrogen and oxygen atoms in total. The maximum Gasteiger partial charge on any atom is 1.00 e. The number of carbonyl (C=O) groups excluding carboxylic acids is 4. The van der Waals surface area contributed by atoms with Crippen molar-refractivity contribution < 1.29 is 123 Å². The molecule has 8 bridgehead atoms. The van der Waals surface area contributed by atoms with Crippen molar-refractivity contribution in [2.45, 2.75) is 91.6 Å². The van der Waals surface area contributed by atoms with E-state index in [0.717, 1.165) is 39.0 Å². The summed E-state index contributed by atoms with van der Waals surface area (Å²) in [4.78, 5) is 68.2. The zero-order valence-electron chi connectivity index (χ0n) is 33.2. The van der Waals surface area contributed by atoms with E-state index in [2.05, 4.69) is 21.9 Å². The number of aliphatic carboxylic acids is 3. The van der Waals surface area contributed by atoms with Crippen molar-refractivity contribution in [3.63, 3.8) is 0 Å². The van der Waals surface area contributed by atoms with Gasteiger partial charge in [-0.3, -0.25) is 9.79 Å². The summed E-state index contributed by atoms with van der Waals surface area (Å²) < 4.78 is 0. The third kappa shape index (κ3) is 10.2. The van der Waals surface area contributed by atoms with Gasteiger partial charge < -0.3 is 50.7 Å². The Labute approximate surface area is 387 Å². The average Bonchev–Trinajstić information content (AvgIpc) is 3.76. The van der Waals surface area contributed by atoms with Crippen LogP contribution in [0.25, 0.3) is 18.2 Å². The van der Waals surface area contributed by atoms with Crippen molar-refractivity contribution in [1.82, 2.24) is 15.3 Å². The number of aromatic amines is 2. The van der Waals surface area contributed by atoms with E-state index in [9.17, 15) is 34.5 Å². The van der Waals surface area contributed by atoms with Crippen LogP contribution in [0.4, 0.5) is 0 Å². The molecule has 16 heteroatoms. The number of aromatic nitrogens is 2. The van der Waals surface area contributed by atoms with Crippen molar-refractivity contribution in [1.29, 1.82) is 0 Å². The fraction of sp³-hybridized carbons (Fsp3) is 0.436. The summed E-state index contributed by atoms with van der Waals surface area (Å²) in [7, 11) is 0. The van der Waals surface area contributed by atoms with Gasteiger partial charge in [0.2, 0.25) is 0 Å². The molecular weight excluding hydrogens is 733 g/mol. The maximum absolute atomic E-state index is 14.5. The Morgan fingerprint density at radius 1 is 1.02 bits per heavy atom. The van der Waals surface area contributed by atoms with Gasteiger partial charge in [-0.2, -0.15) is 0 Å². The van der Waals surface area contributed by atoms with E-state index in [-0.39, 0.29) is 148 Å². The number of carboxylic acid groups (broad SMARTS) is 3. The molecule has 0 saturated heterocycles. The summed E-state index contributed by atoms with van der Waals surface area (Å²) in [5.74, 6) is -6.31. The van der Waals surface area contributed by atoms with Crippen molar-refractivity contribution >= 4 is 53.5 Å². The zero-order valence-corrected chi connectivity index (χ0v) is 39.2. The molecule has 5 N–H and O–H groups in total. The van der Waals surface area contributed by atoms with Gasteiger partial charge in [0.1, 0.15) is 0 Å². The molecule has 0 aromatic carbocycles. The Bertz CT molecular complexity index is 2110. The molecule has 0 saturated carbocycles. The minimum Gasteiger partial charge on any atom is -0.550 e. The number of H-pyrrole nitrogens is 2. The number of amides is 1. The number of rotatable bonds is 13. The topological polar surface area (TPSA) is 232 Å². The summed E-state index contributed by atoms with van der Waals surface area (Å²) in [6.07, 6.45) is 7.13. The molecule has 2 unspecified atom stereocenters. The SMILES string of the molecule is C=Cc1c2[nH]c(c1C)CC1N=C(/C(C(=O)NC(CCCCN)C(=O)[O-])=C3N=C(/C=c4\[nH]/c(c(C)c4CC)=C\2)C(C)=C\3C(=O)[O-])[C@@H](CCC(=O)[O-])[C@@H]1C.[Na+].[Na+].[Na+]. The van der Waals surface area contributed by atoms with E-state index >= 15 is 0 Å². The van der Waals surface area contributed by atoms with E-state index in [1.165, 1.54) is 0 Å². The number of hydrogen-bond acceptors (Lipinski definition) is 10. The molecular formula is C39H45N6Na3O7. The molecule has 1 amide bonds. The first-order valence-corrected chi connectivity index (χ1v) is 17.7. The quantitative estimate of drug-likeness (QED) is 0.112. The van der Waals surface area contributed by atoms with Crippen molar-refractivity contribution in [3.05, 3.63) is 73.3 Å². The third-order valence-electron chi connectivity index (χ3n) is 10.7. The number of allylic oxidation sites excluding steroid dienone is 1. The molecule has 0 aliphatic carbocycles. The number of carbonyl (C=O) groups is 4. The number of unbranched alkanes of at least 4 members (excludes halogenated alkanes) is 1. The Balaban J connectivity index is 0.00000348. The Kier molecular flexibility index (Phi) is 18.6. The summed E-state index contributed by atoms with van der Waals surface area (Å²) in [5, 5.41) is 41.0. The van der Waals surface area contributed by atoms with Gasteiger partial charge >= 0.3 is 88.7 Å². The van der Waals surface area contributed by atoms with E-state index in [1.54, 1.807) is 19.1 Å². The number of nitrogens with zero attached hydrogens (tertiary/aromatic N) is 2. The van der Waals surface area contributed by atoms with Gasteiger partial charge in [0.25, 0.3) is 5.91 Å². The van der Waals surface area contributed by atoms with Gasteiger partial charge in [-0.15, -0.1) is 0 Å². The van der Waals surface area contributed by atoms with Crippen LogP contribution < -0.4 is 126 Å². The number of hydrogen-bond donors (Lipinski definition) is 4. The Morgan fingerprint density at radius 2 is 1.71 bits per heavy atom. The molecule has 5 rings (SSSR count). The molecule has 4 atom stereocenters. The van der Waals surface area contributed by atoms with Crippen LogP contribution in [0.3, 0.4) is 0 Å². The normalized spacial score (nSPS) is 21.6. The second-order valence-electron chi connectivity index (χ2n) is 13.8. The van der Waals surface area contributed by atoms with Crippen molar-refractivity contribution in [3.8, 4) is 0 Å². The number of nitrogens with one attached hydrogen (secondary N) is 3. The first kappa shape index (κ1) is 48.8. The second-order valence-corrected chi connectivity index (χ2v) is 13.8. The van der Waals surface area contributed by atoms with Crippen molar-refractivity contribution in [2.75, 3.05) is 6.54 Å². The minimum absolute atomic E-state index is 0. The van der Waals surface area contributed by atoms with Crippen LogP contribution >= 0.6 is 0 Å². The van der Waals surface area contributed by atoms with Crippen LogP contribution in [0.5, 0.6) is 0 Å². The predicted octanol–water partition coefficient (Wildman–Crippen LogP) is -9.91. The van der Waals surface area contributed by atoms with Gasteiger partial charge in [0, 0.05) is 51.5 Å². The zero-order chi connectivity index (χ0) is 38.0. The van der Waals surface area contributed by atoms with E-state index in [1.807, 2.05) is 33.8 Å². The molecule has 2 aromatic rings. The fourth-order valence-electron chi connectivity index (χ4n) is 7.68. The van der Waals surface area contributed by atoms with Gasteiger partial charge in [-0.05, 0) is 106 Å². The summed E-state index contributed by atoms with van der Waals surface area (Å²) in [6, 6.07) is -1.92. The van der Waals surface area contributed by atoms with Crippen LogP contribution in [0.2, 0.25) is 0 Å². The third-order valence-corrected chi connectivity index (χ3v) is 10.7. The Hall–Kier alpha value is -2.30. The first-order valence-electron chi connectivity index (χ1n) is 17.7. The number of carboxylic acids is 3. The molecule has 0 fully saturated rings. The van der Waals surface area contributed by atoms with Crippen molar-refractivity contribution in [2.24, 2.45) is 27.6 Å². The van der Waals surface area contributed by atoms with Gasteiger partial charge in [-0.25, -0.2) is 4.99 Å². The Morgan fingerprint density at radius 3 is 2.29 bits per heavy atom. The predicted molar refractivity (Wildman–Crippen MR) is 192 cm³/mol. The van der Waals surface area contributed by atoms with E-state index in [4.69, 9.17) is 15.7 Å². The molecule has 5 heterocycles. The number of nitrogens with two attached hydrogens (primary N) is 1. The van der Waals surface area contributed by atoms with E-state index < -0.39 is 41.8 Å². The van der Waals surface area contributed by atoms with Crippen LogP contribution in [0.15, 0.2) is 39.0 Å². The summed E-state index contributed by atoms with van der Waals surface area (Å²) >= 11 is 0. The standard InChI is InChI=1S/C39H48N6O7.3Na/c1-7-22-18(3)26-15-28-20(5)24(12-13-32(46)47)35(43-28)34(37(48)45-25(38(49)50)11-9-10-14-40)36-33(39(51)52)21(6)29(44-36)17-31-23(8-2)19(4)27(42-31)16-30(22)41-26;;;/h7,16-17,20,24-25,28,41-42H,1,8-15,40H2,2-6H3,(H,45,48)(H,46,47)(H,49,50)(H,51,52);;;/q;3*+1/p-3/b27-16-,31-17-,36-34+;;;/t20-,24-,25?,28?;;;/m0.../s1. The van der Waals surface area contributed by atoms with Crippen LogP contribution in [0, 0.1) is 25.7 Å². The molecule has 276 valence electrons. The maximum atomic E-state index is 14.5. The summed E-state index contributed by atoms with van der Waals surface area (Å²) in [5.41, 5.74) is 10.9. The smallest absolute Gasteiger partial charge is 0.550 e. The average molecular weight is 779 g/mol. The monoisotopic (exact) mass is 778 g/mol. The molecule has 2 aromatic heterocycles. The number of aliphatic imine (C=N–C) groups is 2. The van der Waals surface area contributed by atoms with Crippen LogP contribution in [-0.2, 0) is 32.0 Å². The fourth-order valence-corrected chi connectivity index (χ4v) is 7.68. The largest absolute Gasteiger partial charge is 1.00 e. The summed E-state index contributed by atoms with van der Waals surface area (Å²) in [6.45, 7) is 13.8.